The summed E-state index contributed by atoms with van der Waals surface area (Å²) in [7, 11) is 0. The van der Waals surface area contributed by atoms with Gasteiger partial charge in [-0.2, -0.15) is 0 Å². The van der Waals surface area contributed by atoms with Crippen molar-refractivity contribution in [1.29, 1.82) is 0 Å². The lowest BCUT2D eigenvalue weighted by Crippen LogP contribution is -2.47. The molecule has 184 valence electrons. The van der Waals surface area contributed by atoms with E-state index in [4.69, 9.17) is 0 Å². The summed E-state index contributed by atoms with van der Waals surface area (Å²) in [5.41, 5.74) is 3.69. The number of aliphatic hydroxyl groups excluding tert-OH is 1. The number of hydrogen-bond donors (Lipinski definition) is 2. The van der Waals surface area contributed by atoms with Gasteiger partial charge in [-0.1, -0.05) is 30.3 Å². The van der Waals surface area contributed by atoms with E-state index >= 15 is 0 Å². The van der Waals surface area contributed by atoms with Gasteiger partial charge in [0.2, 0.25) is 0 Å². The predicted octanol–water partition coefficient (Wildman–Crippen LogP) is 3.33. The molecule has 1 aromatic heterocycles. The van der Waals surface area contributed by atoms with Crippen molar-refractivity contribution in [3.8, 4) is 5.75 Å². The molecular weight excluding hydrogens is 440 g/mol. The number of carbonyl (C=O) groups is 1. The van der Waals surface area contributed by atoms with E-state index in [0.29, 0.717) is 37.4 Å². The zero-order valence-electron chi connectivity index (χ0n) is 20.1. The Balaban J connectivity index is 1.14. The second kappa shape index (κ2) is 10.5. The Morgan fingerprint density at radius 2 is 1.60 bits per heavy atom. The van der Waals surface area contributed by atoms with E-state index in [0.717, 1.165) is 50.4 Å². The summed E-state index contributed by atoms with van der Waals surface area (Å²) >= 11 is 0. The summed E-state index contributed by atoms with van der Waals surface area (Å²) in [6, 6.07) is 17.6. The maximum atomic E-state index is 13.3. The minimum atomic E-state index is -0.607. The highest BCUT2D eigenvalue weighted by molar-refractivity contribution is 5.96. The number of fused-ring (bicyclic) bond motifs is 1. The standard InChI is InChI=1S/C28H34N4O3/c33-24-9-7-23(8-10-24)31-17-15-29(16-18-31)12-4-13-32-14-11-27(34)25-20-30(21-26(25)28(32)35)19-22-5-2-1-3-6-22/h1-3,5-10,20-21,27,33-34H,4,11-19H2. The molecule has 2 aliphatic rings. The Morgan fingerprint density at radius 1 is 0.857 bits per heavy atom. The third-order valence-corrected chi connectivity index (χ3v) is 7.16. The number of hydrogen-bond acceptors (Lipinski definition) is 5. The number of phenolic OH excluding ortho intramolecular Hbond substituents is 1. The van der Waals surface area contributed by atoms with Crippen LogP contribution in [-0.4, -0.2) is 76.3 Å². The molecule has 2 N–H and O–H groups in total. The first-order valence-electron chi connectivity index (χ1n) is 12.5. The Kier molecular flexibility index (Phi) is 7.06. The van der Waals surface area contributed by atoms with E-state index in [1.807, 2.05) is 52.2 Å². The molecule has 35 heavy (non-hydrogen) atoms. The lowest BCUT2D eigenvalue weighted by Gasteiger charge is -2.36. The van der Waals surface area contributed by atoms with Gasteiger partial charge >= 0.3 is 0 Å². The highest BCUT2D eigenvalue weighted by Crippen LogP contribution is 2.28. The maximum Gasteiger partial charge on any atom is 0.255 e. The van der Waals surface area contributed by atoms with E-state index in [1.165, 1.54) is 5.56 Å². The summed E-state index contributed by atoms with van der Waals surface area (Å²) in [5.74, 6) is 0.323. The van der Waals surface area contributed by atoms with Crippen molar-refractivity contribution in [2.45, 2.75) is 25.5 Å². The molecule has 2 aliphatic heterocycles. The van der Waals surface area contributed by atoms with Gasteiger partial charge in [-0.05, 0) is 49.2 Å². The molecule has 1 saturated heterocycles. The zero-order valence-corrected chi connectivity index (χ0v) is 20.1. The van der Waals surface area contributed by atoms with Crippen molar-refractivity contribution in [3.63, 3.8) is 0 Å². The number of aromatic hydroxyl groups is 1. The molecule has 0 aliphatic carbocycles. The Bertz CT molecular complexity index is 1120. The molecule has 7 nitrogen and oxygen atoms in total. The minimum absolute atomic E-state index is 0.0283. The van der Waals surface area contributed by atoms with Crippen LogP contribution in [-0.2, 0) is 6.54 Å². The molecule has 1 amide bonds. The molecule has 0 spiro atoms. The normalized spacial score (nSPS) is 19.0. The molecule has 1 unspecified atom stereocenters. The highest BCUT2D eigenvalue weighted by Gasteiger charge is 2.29. The van der Waals surface area contributed by atoms with Gasteiger partial charge in [-0.3, -0.25) is 9.69 Å². The van der Waals surface area contributed by atoms with Gasteiger partial charge in [0.15, 0.2) is 0 Å². The van der Waals surface area contributed by atoms with Gasteiger partial charge in [0.1, 0.15) is 5.75 Å². The summed E-state index contributed by atoms with van der Waals surface area (Å²) < 4.78 is 2.01. The topological polar surface area (TPSA) is 72.2 Å². The van der Waals surface area contributed by atoms with Crippen molar-refractivity contribution in [3.05, 3.63) is 83.7 Å². The van der Waals surface area contributed by atoms with Gasteiger partial charge < -0.3 is 24.6 Å². The molecule has 0 bridgehead atoms. The fourth-order valence-corrected chi connectivity index (χ4v) is 5.15. The molecule has 3 heterocycles. The fourth-order valence-electron chi connectivity index (χ4n) is 5.15. The number of aliphatic hydroxyl groups is 1. The lowest BCUT2D eigenvalue weighted by molar-refractivity contribution is 0.0737. The molecule has 0 saturated carbocycles. The molecule has 1 fully saturated rings. The van der Waals surface area contributed by atoms with Gasteiger partial charge in [0, 0.05) is 69.5 Å². The second-order valence-electron chi connectivity index (χ2n) is 9.58. The number of rotatable bonds is 7. The summed E-state index contributed by atoms with van der Waals surface area (Å²) in [5, 5.41) is 20.2. The average molecular weight is 475 g/mol. The van der Waals surface area contributed by atoms with Crippen LogP contribution in [0.25, 0.3) is 0 Å². The van der Waals surface area contributed by atoms with Crippen LogP contribution < -0.4 is 4.90 Å². The van der Waals surface area contributed by atoms with E-state index in [-0.39, 0.29) is 5.91 Å². The van der Waals surface area contributed by atoms with Crippen LogP contribution in [0.4, 0.5) is 5.69 Å². The van der Waals surface area contributed by atoms with Gasteiger partial charge in [-0.15, -0.1) is 0 Å². The highest BCUT2D eigenvalue weighted by atomic mass is 16.3. The van der Waals surface area contributed by atoms with Crippen LogP contribution in [0.15, 0.2) is 67.0 Å². The zero-order chi connectivity index (χ0) is 24.2. The monoisotopic (exact) mass is 474 g/mol. The molecule has 5 rings (SSSR count). The van der Waals surface area contributed by atoms with E-state index < -0.39 is 6.10 Å². The first kappa shape index (κ1) is 23.5. The number of benzene rings is 2. The van der Waals surface area contributed by atoms with Crippen molar-refractivity contribution in [2.75, 3.05) is 50.7 Å². The lowest BCUT2D eigenvalue weighted by atomic mass is 10.1. The summed E-state index contributed by atoms with van der Waals surface area (Å²) in [4.78, 5) is 20.0. The number of anilines is 1. The second-order valence-corrected chi connectivity index (χ2v) is 9.58. The Hall–Kier alpha value is -3.29. The van der Waals surface area contributed by atoms with Gasteiger partial charge in [-0.25, -0.2) is 0 Å². The molecule has 3 aromatic rings. The van der Waals surface area contributed by atoms with Crippen LogP contribution in [0, 0.1) is 0 Å². The van der Waals surface area contributed by atoms with Gasteiger partial charge in [0.25, 0.3) is 5.91 Å². The van der Waals surface area contributed by atoms with Crippen LogP contribution in [0.1, 0.15) is 40.4 Å². The molecular formula is C28H34N4O3. The third-order valence-electron chi connectivity index (χ3n) is 7.16. The van der Waals surface area contributed by atoms with E-state index in [2.05, 4.69) is 21.9 Å². The van der Waals surface area contributed by atoms with Gasteiger partial charge in [0.05, 0.1) is 11.7 Å². The number of carbonyl (C=O) groups excluding carboxylic acids is 1. The van der Waals surface area contributed by atoms with Crippen molar-refractivity contribution in [1.82, 2.24) is 14.4 Å². The van der Waals surface area contributed by atoms with Crippen LogP contribution in [0.3, 0.4) is 0 Å². The summed E-state index contributed by atoms with van der Waals surface area (Å²) in [6.45, 7) is 6.81. The smallest absolute Gasteiger partial charge is 0.255 e. The molecule has 0 radical (unpaired) electrons. The number of phenols is 1. The van der Waals surface area contributed by atoms with E-state index in [9.17, 15) is 15.0 Å². The number of aromatic nitrogens is 1. The number of piperazine rings is 1. The number of nitrogens with zero attached hydrogens (tertiary/aromatic N) is 4. The third kappa shape index (κ3) is 5.52. The quantitative estimate of drug-likeness (QED) is 0.550. The minimum Gasteiger partial charge on any atom is -0.508 e. The van der Waals surface area contributed by atoms with Crippen LogP contribution >= 0.6 is 0 Å². The maximum absolute atomic E-state index is 13.3. The number of amides is 1. The Labute approximate surface area is 206 Å². The Morgan fingerprint density at radius 3 is 2.34 bits per heavy atom. The molecule has 2 aromatic carbocycles. The largest absolute Gasteiger partial charge is 0.508 e. The first-order chi connectivity index (χ1) is 17.1. The predicted molar refractivity (Wildman–Crippen MR) is 137 cm³/mol. The molecule has 7 heteroatoms. The van der Waals surface area contributed by atoms with Crippen LogP contribution in [0.2, 0.25) is 0 Å². The molecule has 1 atom stereocenters. The van der Waals surface area contributed by atoms with Crippen molar-refractivity contribution in [2.24, 2.45) is 0 Å². The van der Waals surface area contributed by atoms with E-state index in [1.54, 1.807) is 12.1 Å². The van der Waals surface area contributed by atoms with Crippen molar-refractivity contribution >= 4 is 11.6 Å². The summed E-state index contributed by atoms with van der Waals surface area (Å²) in [6.07, 6.45) is 4.71. The van der Waals surface area contributed by atoms with Crippen molar-refractivity contribution < 1.29 is 15.0 Å². The SMILES string of the molecule is O=C1c2cn(Cc3ccccc3)cc2C(O)CCN1CCCN1CCN(c2ccc(O)cc2)CC1. The first-order valence-corrected chi connectivity index (χ1v) is 12.5. The average Bonchev–Trinajstić information content (AvgIpc) is 3.27. The fraction of sp³-hybridized carbons (Fsp3) is 0.393. The van der Waals surface area contributed by atoms with Crippen LogP contribution in [0.5, 0.6) is 5.75 Å².